The normalized spacial score (nSPS) is 11.3. The van der Waals surface area contributed by atoms with E-state index in [9.17, 15) is 18.0 Å². The molecule has 23 heavy (non-hydrogen) atoms. The molecular formula is C15H10BrClF3NOS. The largest absolute Gasteiger partial charge is 0.418 e. The highest BCUT2D eigenvalue weighted by atomic mass is 79.9. The number of carbonyl (C=O) groups is 1. The fourth-order valence-corrected chi connectivity index (χ4v) is 2.86. The highest BCUT2D eigenvalue weighted by Crippen LogP contribution is 2.36. The molecule has 0 spiro atoms. The van der Waals surface area contributed by atoms with Gasteiger partial charge in [0.15, 0.2) is 0 Å². The lowest BCUT2D eigenvalue weighted by molar-refractivity contribution is -0.137. The molecule has 1 N–H and O–H groups in total. The molecule has 0 saturated carbocycles. The first-order valence-electron chi connectivity index (χ1n) is 6.30. The SMILES string of the molecule is O=C(CSc1ccc(Br)cc1)Nc1ccc(Cl)cc1C(F)(F)F. The van der Waals surface area contributed by atoms with Crippen LogP contribution in [-0.2, 0) is 11.0 Å². The predicted octanol–water partition coefficient (Wildman–Crippen LogP) is 5.85. The Kier molecular flexibility index (Phi) is 6.00. The number of halogens is 5. The van der Waals surface area contributed by atoms with Crippen molar-refractivity contribution >= 4 is 50.9 Å². The van der Waals surface area contributed by atoms with E-state index in [2.05, 4.69) is 21.2 Å². The molecule has 2 rings (SSSR count). The Balaban J connectivity index is 2.04. The maximum absolute atomic E-state index is 12.9. The van der Waals surface area contributed by atoms with Gasteiger partial charge in [0.25, 0.3) is 0 Å². The number of nitrogens with one attached hydrogen (secondary N) is 1. The van der Waals surface area contributed by atoms with Gasteiger partial charge in [-0.15, -0.1) is 11.8 Å². The molecule has 0 aliphatic heterocycles. The second kappa shape index (κ2) is 7.59. The molecule has 0 saturated heterocycles. The third-order valence-electron chi connectivity index (χ3n) is 2.74. The Morgan fingerprint density at radius 1 is 1.17 bits per heavy atom. The van der Waals surface area contributed by atoms with Gasteiger partial charge in [-0.2, -0.15) is 13.2 Å². The average molecular weight is 425 g/mol. The molecule has 2 aromatic rings. The third-order valence-corrected chi connectivity index (χ3v) is 4.52. The molecule has 2 nitrogen and oxygen atoms in total. The highest BCUT2D eigenvalue weighted by Gasteiger charge is 2.34. The Hall–Kier alpha value is -1.18. The molecule has 0 aliphatic rings. The van der Waals surface area contributed by atoms with Gasteiger partial charge in [0.05, 0.1) is 17.0 Å². The van der Waals surface area contributed by atoms with E-state index in [1.54, 1.807) is 0 Å². The van der Waals surface area contributed by atoms with E-state index in [1.807, 2.05) is 24.3 Å². The van der Waals surface area contributed by atoms with Crippen molar-refractivity contribution in [3.05, 3.63) is 57.5 Å². The first kappa shape index (κ1) is 18.2. The van der Waals surface area contributed by atoms with Crippen molar-refractivity contribution < 1.29 is 18.0 Å². The topological polar surface area (TPSA) is 29.1 Å². The second-order valence-corrected chi connectivity index (χ2v) is 6.88. The minimum absolute atomic E-state index is 0.00154. The number of hydrogen-bond acceptors (Lipinski definition) is 2. The van der Waals surface area contributed by atoms with Crippen LogP contribution in [0.2, 0.25) is 5.02 Å². The first-order chi connectivity index (χ1) is 10.8. The van der Waals surface area contributed by atoms with Crippen molar-refractivity contribution in [1.82, 2.24) is 0 Å². The fraction of sp³-hybridized carbons (Fsp3) is 0.133. The van der Waals surface area contributed by atoms with Gasteiger partial charge in [0, 0.05) is 14.4 Å². The number of alkyl halides is 3. The molecule has 0 aromatic heterocycles. The van der Waals surface area contributed by atoms with Gasteiger partial charge in [-0.05, 0) is 42.5 Å². The number of rotatable bonds is 4. The molecular weight excluding hydrogens is 415 g/mol. The summed E-state index contributed by atoms with van der Waals surface area (Å²) in [7, 11) is 0. The molecule has 0 atom stereocenters. The zero-order chi connectivity index (χ0) is 17.0. The molecule has 1 amide bonds. The van der Waals surface area contributed by atoms with Crippen LogP contribution in [0.4, 0.5) is 18.9 Å². The van der Waals surface area contributed by atoms with Gasteiger partial charge >= 0.3 is 6.18 Å². The lowest BCUT2D eigenvalue weighted by Gasteiger charge is -2.14. The number of carbonyl (C=O) groups excluding carboxylic acids is 1. The molecule has 0 bridgehead atoms. The van der Waals surface area contributed by atoms with Crippen LogP contribution in [0.15, 0.2) is 51.8 Å². The molecule has 122 valence electrons. The van der Waals surface area contributed by atoms with Crippen molar-refractivity contribution in [1.29, 1.82) is 0 Å². The van der Waals surface area contributed by atoms with Crippen LogP contribution in [0.3, 0.4) is 0 Å². The van der Waals surface area contributed by atoms with Crippen molar-refractivity contribution in [3.8, 4) is 0 Å². The first-order valence-corrected chi connectivity index (χ1v) is 8.46. The molecule has 8 heteroatoms. The van der Waals surface area contributed by atoms with Gasteiger partial charge < -0.3 is 5.32 Å². The number of amides is 1. The van der Waals surface area contributed by atoms with Crippen molar-refractivity contribution in [2.24, 2.45) is 0 Å². The van der Waals surface area contributed by atoms with Crippen molar-refractivity contribution in [2.75, 3.05) is 11.1 Å². The van der Waals surface area contributed by atoms with Crippen LogP contribution in [0.1, 0.15) is 5.56 Å². The number of hydrogen-bond donors (Lipinski definition) is 1. The quantitative estimate of drug-likeness (QED) is 0.624. The predicted molar refractivity (Wildman–Crippen MR) is 89.9 cm³/mol. The van der Waals surface area contributed by atoms with E-state index in [-0.39, 0.29) is 16.5 Å². The van der Waals surface area contributed by atoms with Gasteiger partial charge in [-0.3, -0.25) is 4.79 Å². The van der Waals surface area contributed by atoms with Gasteiger partial charge in [-0.1, -0.05) is 27.5 Å². The number of anilines is 1. The summed E-state index contributed by atoms with van der Waals surface area (Å²) in [6.07, 6.45) is -4.59. The minimum atomic E-state index is -4.59. The Bertz CT molecular complexity index is 707. The summed E-state index contributed by atoms with van der Waals surface area (Å²) in [4.78, 5) is 12.7. The molecule has 0 fully saturated rings. The minimum Gasteiger partial charge on any atom is -0.325 e. The van der Waals surface area contributed by atoms with Crippen LogP contribution in [0, 0.1) is 0 Å². The highest BCUT2D eigenvalue weighted by molar-refractivity contribution is 9.10. The lowest BCUT2D eigenvalue weighted by atomic mass is 10.1. The zero-order valence-corrected chi connectivity index (χ0v) is 14.6. The van der Waals surface area contributed by atoms with Crippen LogP contribution < -0.4 is 5.32 Å². The maximum Gasteiger partial charge on any atom is 0.418 e. The Morgan fingerprint density at radius 2 is 1.83 bits per heavy atom. The Labute approximate surface area is 148 Å². The smallest absolute Gasteiger partial charge is 0.325 e. The van der Waals surface area contributed by atoms with Crippen LogP contribution >= 0.6 is 39.3 Å². The fourth-order valence-electron chi connectivity index (χ4n) is 1.73. The maximum atomic E-state index is 12.9. The third kappa shape index (κ3) is 5.44. The van der Waals surface area contributed by atoms with E-state index in [0.29, 0.717) is 0 Å². The Morgan fingerprint density at radius 3 is 2.43 bits per heavy atom. The average Bonchev–Trinajstić information content (AvgIpc) is 2.47. The number of benzene rings is 2. The van der Waals surface area contributed by atoms with E-state index in [1.165, 1.54) is 17.8 Å². The monoisotopic (exact) mass is 423 g/mol. The van der Waals surface area contributed by atoms with Crippen molar-refractivity contribution in [2.45, 2.75) is 11.1 Å². The van der Waals surface area contributed by atoms with Crippen LogP contribution in [0.5, 0.6) is 0 Å². The van der Waals surface area contributed by atoms with Gasteiger partial charge in [-0.25, -0.2) is 0 Å². The van der Waals surface area contributed by atoms with Crippen LogP contribution in [-0.4, -0.2) is 11.7 Å². The van der Waals surface area contributed by atoms with Gasteiger partial charge in [0.1, 0.15) is 0 Å². The molecule has 0 heterocycles. The summed E-state index contributed by atoms with van der Waals surface area (Å²) in [6, 6.07) is 10.5. The molecule has 2 aromatic carbocycles. The van der Waals surface area contributed by atoms with E-state index >= 15 is 0 Å². The molecule has 0 aliphatic carbocycles. The summed E-state index contributed by atoms with van der Waals surface area (Å²) in [5.74, 6) is -0.521. The van der Waals surface area contributed by atoms with Crippen LogP contribution in [0.25, 0.3) is 0 Å². The summed E-state index contributed by atoms with van der Waals surface area (Å²) in [6.45, 7) is 0. The standard InChI is InChI=1S/C15H10BrClF3NOS/c16-9-1-4-11(5-2-9)23-8-14(22)21-13-6-3-10(17)7-12(13)15(18,19)20/h1-7H,8H2,(H,21,22). The summed E-state index contributed by atoms with van der Waals surface area (Å²) in [5.41, 5.74) is -1.27. The zero-order valence-electron chi connectivity index (χ0n) is 11.5. The van der Waals surface area contributed by atoms with E-state index < -0.39 is 17.6 Å². The molecule has 0 radical (unpaired) electrons. The summed E-state index contributed by atoms with van der Waals surface area (Å²) < 4.78 is 39.7. The second-order valence-electron chi connectivity index (χ2n) is 4.48. The molecule has 0 unspecified atom stereocenters. The summed E-state index contributed by atoms with van der Waals surface area (Å²) >= 11 is 10.1. The van der Waals surface area contributed by atoms with E-state index in [0.717, 1.165) is 21.5 Å². The van der Waals surface area contributed by atoms with E-state index in [4.69, 9.17) is 11.6 Å². The summed E-state index contributed by atoms with van der Waals surface area (Å²) in [5, 5.41) is 2.24. The van der Waals surface area contributed by atoms with Crippen molar-refractivity contribution in [3.63, 3.8) is 0 Å². The van der Waals surface area contributed by atoms with Gasteiger partial charge in [0.2, 0.25) is 5.91 Å². The lowest BCUT2D eigenvalue weighted by Crippen LogP contribution is -2.18. The number of thioether (sulfide) groups is 1.